The topological polar surface area (TPSA) is 30.0 Å². The first kappa shape index (κ1) is 13.2. The third-order valence-electron chi connectivity index (χ3n) is 2.18. The number of carbonyl (C=O) groups is 1. The van der Waals surface area contributed by atoms with Crippen LogP contribution in [0.5, 0.6) is 0 Å². The van der Waals surface area contributed by atoms with Gasteiger partial charge in [0.2, 0.25) is 0 Å². The van der Waals surface area contributed by atoms with Gasteiger partial charge in [0.1, 0.15) is 14.5 Å². The van der Waals surface area contributed by atoms with E-state index in [1.807, 2.05) is 0 Å². The van der Waals surface area contributed by atoms with Crippen LogP contribution in [0.3, 0.4) is 0 Å². The van der Waals surface area contributed by atoms with Crippen molar-refractivity contribution in [1.82, 2.24) is 4.98 Å². The quantitative estimate of drug-likeness (QED) is 0.761. The predicted octanol–water partition coefficient (Wildman–Crippen LogP) is 4.40. The number of hydrogen-bond acceptors (Lipinski definition) is 3. The Hall–Kier alpha value is -1.21. The Morgan fingerprint density at radius 3 is 2.28 bits per heavy atom. The molecule has 0 saturated carbocycles. The summed E-state index contributed by atoms with van der Waals surface area (Å²) in [4.78, 5) is 14.6. The molecule has 0 spiro atoms. The van der Waals surface area contributed by atoms with Crippen LogP contribution in [0.4, 0.5) is 13.2 Å². The van der Waals surface area contributed by atoms with Crippen LogP contribution in [-0.2, 0) is 6.18 Å². The van der Waals surface area contributed by atoms with Crippen molar-refractivity contribution in [3.8, 4) is 10.6 Å². The summed E-state index contributed by atoms with van der Waals surface area (Å²) >= 11 is 4.36. The van der Waals surface area contributed by atoms with E-state index < -0.39 is 11.7 Å². The SMILES string of the molecule is O=Cc1nc(-c2ccc(C(F)(F)F)cc2)sc1Br. The van der Waals surface area contributed by atoms with Gasteiger partial charge < -0.3 is 0 Å². The minimum absolute atomic E-state index is 0.245. The zero-order valence-electron chi connectivity index (χ0n) is 8.66. The molecule has 1 heterocycles. The van der Waals surface area contributed by atoms with Crippen LogP contribution >= 0.6 is 27.3 Å². The number of nitrogens with zero attached hydrogens (tertiary/aromatic N) is 1. The minimum atomic E-state index is -4.35. The molecule has 7 heteroatoms. The monoisotopic (exact) mass is 335 g/mol. The second kappa shape index (κ2) is 4.81. The molecule has 1 aromatic heterocycles. The van der Waals surface area contributed by atoms with E-state index in [0.717, 1.165) is 12.1 Å². The van der Waals surface area contributed by atoms with Crippen LogP contribution in [0.25, 0.3) is 10.6 Å². The minimum Gasteiger partial charge on any atom is -0.296 e. The molecule has 18 heavy (non-hydrogen) atoms. The van der Waals surface area contributed by atoms with Crippen LogP contribution in [0.1, 0.15) is 16.1 Å². The maximum Gasteiger partial charge on any atom is 0.416 e. The Morgan fingerprint density at radius 1 is 1.22 bits per heavy atom. The summed E-state index contributed by atoms with van der Waals surface area (Å²) in [6.07, 6.45) is -3.76. The fourth-order valence-corrected chi connectivity index (χ4v) is 2.72. The van der Waals surface area contributed by atoms with Crippen LogP contribution in [-0.4, -0.2) is 11.3 Å². The molecule has 2 rings (SSSR count). The fraction of sp³-hybridized carbons (Fsp3) is 0.0909. The third kappa shape index (κ3) is 2.62. The number of hydrogen-bond donors (Lipinski definition) is 0. The van der Waals surface area contributed by atoms with Gasteiger partial charge in [-0.3, -0.25) is 4.79 Å². The fourth-order valence-electron chi connectivity index (χ4n) is 1.31. The summed E-state index contributed by atoms with van der Waals surface area (Å²) in [5, 5.41) is 0.498. The zero-order valence-corrected chi connectivity index (χ0v) is 11.1. The highest BCUT2D eigenvalue weighted by atomic mass is 79.9. The van der Waals surface area contributed by atoms with Gasteiger partial charge in [0.15, 0.2) is 6.29 Å². The molecular weight excluding hydrogens is 331 g/mol. The summed E-state index contributed by atoms with van der Waals surface area (Å²) in [5.41, 5.74) is 0.0779. The molecule has 0 aliphatic heterocycles. The number of carbonyl (C=O) groups excluding carboxylic acids is 1. The van der Waals surface area contributed by atoms with Crippen molar-refractivity contribution >= 4 is 33.6 Å². The maximum atomic E-state index is 12.4. The molecular formula is C11H5BrF3NOS. The third-order valence-corrected chi connectivity index (χ3v) is 3.98. The highest BCUT2D eigenvalue weighted by Crippen LogP contribution is 2.34. The Labute approximate surface area is 113 Å². The number of alkyl halides is 3. The van der Waals surface area contributed by atoms with E-state index in [2.05, 4.69) is 20.9 Å². The molecule has 0 N–H and O–H groups in total. The summed E-state index contributed by atoms with van der Waals surface area (Å²) < 4.78 is 37.7. The lowest BCUT2D eigenvalue weighted by Gasteiger charge is -2.06. The second-order valence-electron chi connectivity index (χ2n) is 3.37. The molecule has 0 amide bonds. The van der Waals surface area contributed by atoms with Crippen molar-refractivity contribution < 1.29 is 18.0 Å². The molecule has 0 saturated heterocycles. The molecule has 94 valence electrons. The van der Waals surface area contributed by atoms with E-state index in [9.17, 15) is 18.0 Å². The first-order chi connectivity index (χ1) is 8.41. The van der Waals surface area contributed by atoms with Crippen LogP contribution < -0.4 is 0 Å². The van der Waals surface area contributed by atoms with Crippen molar-refractivity contribution in [3.63, 3.8) is 0 Å². The maximum absolute atomic E-state index is 12.4. The average Bonchev–Trinajstić information content (AvgIpc) is 2.69. The highest BCUT2D eigenvalue weighted by Gasteiger charge is 2.30. The van der Waals surface area contributed by atoms with E-state index in [1.165, 1.54) is 23.5 Å². The Morgan fingerprint density at radius 2 is 1.83 bits per heavy atom. The first-order valence-corrected chi connectivity index (χ1v) is 6.32. The Kier molecular flexibility index (Phi) is 3.54. The molecule has 0 aliphatic rings. The Balaban J connectivity index is 2.37. The predicted molar refractivity (Wildman–Crippen MR) is 65.6 cm³/mol. The van der Waals surface area contributed by atoms with E-state index in [0.29, 0.717) is 20.6 Å². The molecule has 1 aromatic carbocycles. The number of aldehydes is 1. The van der Waals surface area contributed by atoms with E-state index >= 15 is 0 Å². The van der Waals surface area contributed by atoms with Crippen molar-refractivity contribution in [3.05, 3.63) is 39.3 Å². The largest absolute Gasteiger partial charge is 0.416 e. The molecule has 0 radical (unpaired) electrons. The van der Waals surface area contributed by atoms with Crippen molar-refractivity contribution in [2.24, 2.45) is 0 Å². The molecule has 0 fully saturated rings. The second-order valence-corrected chi connectivity index (χ2v) is 5.69. The lowest BCUT2D eigenvalue weighted by molar-refractivity contribution is -0.137. The molecule has 2 nitrogen and oxygen atoms in total. The lowest BCUT2D eigenvalue weighted by Crippen LogP contribution is -2.03. The van der Waals surface area contributed by atoms with E-state index in [1.54, 1.807) is 0 Å². The summed E-state index contributed by atoms with van der Waals surface area (Å²) in [6.45, 7) is 0. The van der Waals surface area contributed by atoms with Gasteiger partial charge >= 0.3 is 6.18 Å². The zero-order chi connectivity index (χ0) is 13.3. The number of rotatable bonds is 2. The normalized spacial score (nSPS) is 11.6. The number of thiazole rings is 1. The molecule has 0 bridgehead atoms. The molecule has 0 aliphatic carbocycles. The number of aromatic nitrogens is 1. The number of halogens is 4. The summed E-state index contributed by atoms with van der Waals surface area (Å²) in [5.74, 6) is 0. The molecule has 2 aromatic rings. The van der Waals surface area contributed by atoms with Gasteiger partial charge in [-0.15, -0.1) is 11.3 Å². The first-order valence-electron chi connectivity index (χ1n) is 4.71. The van der Waals surface area contributed by atoms with Crippen LogP contribution in [0.2, 0.25) is 0 Å². The van der Waals surface area contributed by atoms with Gasteiger partial charge in [0.05, 0.1) is 5.56 Å². The van der Waals surface area contributed by atoms with Gasteiger partial charge in [-0.2, -0.15) is 13.2 Å². The van der Waals surface area contributed by atoms with Gasteiger partial charge in [-0.25, -0.2) is 4.98 Å². The highest BCUT2D eigenvalue weighted by molar-refractivity contribution is 9.11. The van der Waals surface area contributed by atoms with Crippen molar-refractivity contribution in [1.29, 1.82) is 0 Å². The van der Waals surface area contributed by atoms with Gasteiger partial charge in [-0.05, 0) is 28.1 Å². The molecule has 0 unspecified atom stereocenters. The van der Waals surface area contributed by atoms with Gasteiger partial charge in [0.25, 0.3) is 0 Å². The molecule has 0 atom stereocenters. The van der Waals surface area contributed by atoms with E-state index in [-0.39, 0.29) is 5.69 Å². The van der Waals surface area contributed by atoms with Crippen LogP contribution in [0, 0.1) is 0 Å². The van der Waals surface area contributed by atoms with E-state index in [4.69, 9.17) is 0 Å². The summed E-state index contributed by atoms with van der Waals surface area (Å²) in [7, 11) is 0. The van der Waals surface area contributed by atoms with Gasteiger partial charge in [0, 0.05) is 5.56 Å². The van der Waals surface area contributed by atoms with Crippen LogP contribution in [0.15, 0.2) is 28.1 Å². The smallest absolute Gasteiger partial charge is 0.296 e. The standard InChI is InChI=1S/C11H5BrF3NOS/c12-9-8(5-17)16-10(18-9)6-1-3-7(4-2-6)11(13,14)15/h1-5H. The number of benzene rings is 1. The van der Waals surface area contributed by atoms with Gasteiger partial charge in [-0.1, -0.05) is 12.1 Å². The Bertz CT molecular complexity index is 577. The lowest BCUT2D eigenvalue weighted by atomic mass is 10.1. The average molecular weight is 336 g/mol. The van der Waals surface area contributed by atoms with Crippen molar-refractivity contribution in [2.75, 3.05) is 0 Å². The summed E-state index contributed by atoms with van der Waals surface area (Å²) in [6, 6.07) is 4.65. The van der Waals surface area contributed by atoms with Crippen molar-refractivity contribution in [2.45, 2.75) is 6.18 Å².